The van der Waals surface area contributed by atoms with Crippen molar-refractivity contribution >= 4 is 24.0 Å². The summed E-state index contributed by atoms with van der Waals surface area (Å²) in [6, 6.07) is 0.199. The molecule has 0 bridgehead atoms. The van der Waals surface area contributed by atoms with Crippen molar-refractivity contribution in [2.24, 2.45) is 5.73 Å². The summed E-state index contributed by atoms with van der Waals surface area (Å²) in [6.07, 6.45) is 1.69. The maximum Gasteiger partial charge on any atom is 0.0445 e. The van der Waals surface area contributed by atoms with Gasteiger partial charge < -0.3 is 10.8 Å². The molecule has 52 valence electrons. The number of rotatable bonds is 3. The van der Waals surface area contributed by atoms with Crippen LogP contribution in [0, 0.1) is 0 Å². The molecule has 3 heteroatoms. The number of aliphatic hydroxyl groups excluding tert-OH is 1. The summed E-state index contributed by atoms with van der Waals surface area (Å²) >= 11 is 0. The third-order valence-electron chi connectivity index (χ3n) is 1.02. The number of aliphatic hydroxyl groups is 1. The molecule has 0 aliphatic heterocycles. The molecule has 0 fully saturated rings. The minimum atomic E-state index is 0. The average Bonchev–Trinajstić information content (AvgIpc) is 1.68. The van der Waals surface area contributed by atoms with Crippen molar-refractivity contribution in [3.05, 3.63) is 0 Å². The third kappa shape index (κ3) is 6.65. The van der Waals surface area contributed by atoms with Gasteiger partial charge in [-0.15, -0.1) is 24.0 Å². The Hall–Kier alpha value is 0.650. The van der Waals surface area contributed by atoms with Crippen LogP contribution in [-0.2, 0) is 0 Å². The van der Waals surface area contributed by atoms with Crippen molar-refractivity contribution in [1.29, 1.82) is 0 Å². The van der Waals surface area contributed by atoms with E-state index in [9.17, 15) is 0 Å². The molecule has 0 aliphatic carbocycles. The number of halogens is 1. The normalized spacial score (nSPS) is 12.4. The van der Waals surface area contributed by atoms with E-state index in [1.165, 1.54) is 0 Å². The van der Waals surface area contributed by atoms with E-state index in [1.54, 1.807) is 0 Å². The van der Waals surface area contributed by atoms with E-state index in [1.807, 2.05) is 6.92 Å². The van der Waals surface area contributed by atoms with Gasteiger partial charge in [-0.1, -0.05) is 6.92 Å². The maximum absolute atomic E-state index is 8.29. The fourth-order valence-corrected chi connectivity index (χ4v) is 0.370. The highest BCUT2D eigenvalue weighted by molar-refractivity contribution is 14.0. The van der Waals surface area contributed by atoms with Gasteiger partial charge in [0.15, 0.2) is 0 Å². The quantitative estimate of drug-likeness (QED) is 0.703. The summed E-state index contributed by atoms with van der Waals surface area (Å²) in [5.74, 6) is 0. The van der Waals surface area contributed by atoms with Gasteiger partial charge in [0.05, 0.1) is 0 Å². The summed E-state index contributed by atoms with van der Waals surface area (Å²) in [4.78, 5) is 0. The zero-order chi connectivity index (χ0) is 5.70. The first-order valence-electron chi connectivity index (χ1n) is 2.67. The molecule has 0 saturated carbocycles. The SMILES string of the molecule is CCC(N)CCO.I. The van der Waals surface area contributed by atoms with Crippen LogP contribution in [0.3, 0.4) is 0 Å². The molecule has 2 nitrogen and oxygen atoms in total. The molecule has 3 N–H and O–H groups in total. The zero-order valence-corrected chi connectivity index (χ0v) is 7.46. The highest BCUT2D eigenvalue weighted by Gasteiger charge is 1.93. The van der Waals surface area contributed by atoms with Gasteiger partial charge in [0.2, 0.25) is 0 Å². The van der Waals surface area contributed by atoms with Crippen molar-refractivity contribution in [3.8, 4) is 0 Å². The lowest BCUT2D eigenvalue weighted by molar-refractivity contribution is 0.274. The van der Waals surface area contributed by atoms with Crippen molar-refractivity contribution in [1.82, 2.24) is 0 Å². The molecule has 0 aromatic carbocycles. The Morgan fingerprint density at radius 3 is 2.25 bits per heavy atom. The minimum Gasteiger partial charge on any atom is -0.396 e. The molecular formula is C5H14INO. The van der Waals surface area contributed by atoms with Crippen molar-refractivity contribution in [2.45, 2.75) is 25.8 Å². The first-order valence-corrected chi connectivity index (χ1v) is 2.67. The lowest BCUT2D eigenvalue weighted by atomic mass is 10.2. The van der Waals surface area contributed by atoms with Crippen LogP contribution in [0.5, 0.6) is 0 Å². The molecule has 0 heterocycles. The molecule has 8 heavy (non-hydrogen) atoms. The molecule has 0 saturated heterocycles. The largest absolute Gasteiger partial charge is 0.396 e. The van der Waals surface area contributed by atoms with Crippen LogP contribution in [0.4, 0.5) is 0 Å². The Bertz CT molecular complexity index is 43.4. The van der Waals surface area contributed by atoms with E-state index in [2.05, 4.69) is 0 Å². The van der Waals surface area contributed by atoms with E-state index in [0.29, 0.717) is 0 Å². The third-order valence-corrected chi connectivity index (χ3v) is 1.02. The molecule has 1 unspecified atom stereocenters. The number of nitrogens with two attached hydrogens (primary N) is 1. The van der Waals surface area contributed by atoms with Gasteiger partial charge in [-0.25, -0.2) is 0 Å². The van der Waals surface area contributed by atoms with E-state index in [-0.39, 0.29) is 36.6 Å². The molecule has 0 rings (SSSR count). The fourth-order valence-electron chi connectivity index (χ4n) is 0.370. The Morgan fingerprint density at radius 1 is 1.62 bits per heavy atom. The monoisotopic (exact) mass is 231 g/mol. The smallest absolute Gasteiger partial charge is 0.0445 e. The van der Waals surface area contributed by atoms with Crippen molar-refractivity contribution in [3.63, 3.8) is 0 Å². The summed E-state index contributed by atoms with van der Waals surface area (Å²) < 4.78 is 0. The van der Waals surface area contributed by atoms with Crippen molar-refractivity contribution < 1.29 is 5.11 Å². The topological polar surface area (TPSA) is 46.2 Å². The van der Waals surface area contributed by atoms with Crippen LogP contribution in [0.2, 0.25) is 0 Å². The summed E-state index contributed by atoms with van der Waals surface area (Å²) in [7, 11) is 0. The molecule has 1 atom stereocenters. The van der Waals surface area contributed by atoms with Crippen LogP contribution < -0.4 is 5.73 Å². The molecule has 0 spiro atoms. The molecular weight excluding hydrogens is 217 g/mol. The maximum atomic E-state index is 8.29. The highest BCUT2D eigenvalue weighted by Crippen LogP contribution is 1.89. The van der Waals surface area contributed by atoms with Gasteiger partial charge in [-0.2, -0.15) is 0 Å². The van der Waals surface area contributed by atoms with E-state index in [4.69, 9.17) is 10.8 Å². The standard InChI is InChI=1S/C5H13NO.HI/c1-2-5(6)3-4-7;/h5,7H,2-4,6H2,1H3;1H. The summed E-state index contributed by atoms with van der Waals surface area (Å²) in [5, 5.41) is 8.29. The Balaban J connectivity index is 0. The minimum absolute atomic E-state index is 0. The first kappa shape index (κ1) is 11.4. The average molecular weight is 231 g/mol. The molecule has 0 aromatic heterocycles. The molecule has 0 radical (unpaired) electrons. The van der Waals surface area contributed by atoms with E-state index in [0.717, 1.165) is 12.8 Å². The van der Waals surface area contributed by atoms with Gasteiger partial charge in [-0.3, -0.25) is 0 Å². The van der Waals surface area contributed by atoms with Gasteiger partial charge in [0.1, 0.15) is 0 Å². The van der Waals surface area contributed by atoms with Gasteiger partial charge in [-0.05, 0) is 12.8 Å². The van der Waals surface area contributed by atoms with E-state index >= 15 is 0 Å². The van der Waals surface area contributed by atoms with Gasteiger partial charge >= 0.3 is 0 Å². The predicted octanol–water partition coefficient (Wildman–Crippen LogP) is 0.724. The molecule has 0 amide bonds. The number of hydrogen-bond donors (Lipinski definition) is 2. The Morgan fingerprint density at radius 2 is 2.12 bits per heavy atom. The first-order chi connectivity index (χ1) is 3.31. The summed E-state index contributed by atoms with van der Waals surface area (Å²) in [6.45, 7) is 2.23. The molecule has 0 aromatic rings. The second-order valence-electron chi connectivity index (χ2n) is 1.68. The lowest BCUT2D eigenvalue weighted by Crippen LogP contribution is -2.19. The second-order valence-corrected chi connectivity index (χ2v) is 1.68. The Kier molecular flexibility index (Phi) is 10.9. The van der Waals surface area contributed by atoms with Gasteiger partial charge in [0.25, 0.3) is 0 Å². The van der Waals surface area contributed by atoms with Crippen LogP contribution in [0.15, 0.2) is 0 Å². The number of hydrogen-bond acceptors (Lipinski definition) is 2. The summed E-state index contributed by atoms with van der Waals surface area (Å²) in [5.41, 5.74) is 5.42. The fraction of sp³-hybridized carbons (Fsp3) is 1.00. The Labute approximate surface area is 67.5 Å². The van der Waals surface area contributed by atoms with Crippen LogP contribution in [0.25, 0.3) is 0 Å². The van der Waals surface area contributed by atoms with Crippen molar-refractivity contribution in [2.75, 3.05) is 6.61 Å². The van der Waals surface area contributed by atoms with Gasteiger partial charge in [0, 0.05) is 12.6 Å². The van der Waals surface area contributed by atoms with Crippen LogP contribution >= 0.6 is 24.0 Å². The van der Waals surface area contributed by atoms with Crippen LogP contribution in [0.1, 0.15) is 19.8 Å². The second kappa shape index (κ2) is 7.65. The van der Waals surface area contributed by atoms with E-state index < -0.39 is 0 Å². The molecule has 0 aliphatic rings. The zero-order valence-electron chi connectivity index (χ0n) is 5.13. The highest BCUT2D eigenvalue weighted by atomic mass is 127. The predicted molar refractivity (Wildman–Crippen MR) is 45.4 cm³/mol. The lowest BCUT2D eigenvalue weighted by Gasteiger charge is -2.02. The van der Waals surface area contributed by atoms with Crippen LogP contribution in [-0.4, -0.2) is 17.8 Å².